The quantitative estimate of drug-likeness (QED) is 0.809. The molecule has 0 spiro atoms. The standard InChI is InChI=1S/C11H16ClN3/c12-9-7-14-6-1-10(9)15-8-11(2-3-11)4-5-13/h1,6-7H,2-5,8,13H2,(H,14,15). The molecule has 0 unspecified atom stereocenters. The second-order valence-electron chi connectivity index (χ2n) is 4.25. The lowest BCUT2D eigenvalue weighted by Crippen LogP contribution is -2.19. The van der Waals surface area contributed by atoms with E-state index >= 15 is 0 Å². The van der Waals surface area contributed by atoms with Gasteiger partial charge in [-0.05, 0) is 37.3 Å². The largest absolute Gasteiger partial charge is 0.383 e. The van der Waals surface area contributed by atoms with Crippen molar-refractivity contribution in [3.05, 3.63) is 23.5 Å². The van der Waals surface area contributed by atoms with Gasteiger partial charge in [-0.1, -0.05) is 11.6 Å². The summed E-state index contributed by atoms with van der Waals surface area (Å²) in [5, 5.41) is 4.05. The van der Waals surface area contributed by atoms with Crippen LogP contribution in [0.4, 0.5) is 5.69 Å². The summed E-state index contributed by atoms with van der Waals surface area (Å²) in [5.74, 6) is 0. The van der Waals surface area contributed by atoms with Gasteiger partial charge in [0.15, 0.2) is 0 Å². The van der Waals surface area contributed by atoms with Crippen molar-refractivity contribution in [2.75, 3.05) is 18.4 Å². The van der Waals surface area contributed by atoms with Crippen molar-refractivity contribution in [3.63, 3.8) is 0 Å². The van der Waals surface area contributed by atoms with Crippen molar-refractivity contribution in [3.8, 4) is 0 Å². The molecule has 1 aliphatic rings. The van der Waals surface area contributed by atoms with E-state index in [4.69, 9.17) is 17.3 Å². The van der Waals surface area contributed by atoms with Gasteiger partial charge in [-0.25, -0.2) is 0 Å². The Morgan fingerprint density at radius 1 is 1.53 bits per heavy atom. The number of hydrogen-bond acceptors (Lipinski definition) is 3. The summed E-state index contributed by atoms with van der Waals surface area (Å²) in [6, 6.07) is 1.90. The number of halogens is 1. The lowest BCUT2D eigenvalue weighted by atomic mass is 10.0. The van der Waals surface area contributed by atoms with Crippen LogP contribution in [0.5, 0.6) is 0 Å². The lowest BCUT2D eigenvalue weighted by Gasteiger charge is -2.16. The number of nitrogens with zero attached hydrogens (tertiary/aromatic N) is 1. The monoisotopic (exact) mass is 225 g/mol. The fraction of sp³-hybridized carbons (Fsp3) is 0.545. The van der Waals surface area contributed by atoms with E-state index in [1.165, 1.54) is 12.8 Å². The molecule has 2 rings (SSSR count). The van der Waals surface area contributed by atoms with Crippen molar-refractivity contribution >= 4 is 17.3 Å². The number of hydrogen-bond donors (Lipinski definition) is 2. The minimum Gasteiger partial charge on any atom is -0.383 e. The third-order valence-corrected chi connectivity index (χ3v) is 3.36. The molecule has 1 fully saturated rings. The number of nitrogens with one attached hydrogen (secondary N) is 1. The summed E-state index contributed by atoms with van der Waals surface area (Å²) < 4.78 is 0. The summed E-state index contributed by atoms with van der Waals surface area (Å²) >= 11 is 6.00. The number of anilines is 1. The Morgan fingerprint density at radius 2 is 2.33 bits per heavy atom. The van der Waals surface area contributed by atoms with Crippen LogP contribution in [0.2, 0.25) is 5.02 Å². The number of rotatable bonds is 5. The first-order chi connectivity index (χ1) is 7.26. The van der Waals surface area contributed by atoms with Gasteiger partial charge in [-0.3, -0.25) is 4.98 Å². The molecule has 0 amide bonds. The number of aromatic nitrogens is 1. The Bertz CT molecular complexity index is 336. The van der Waals surface area contributed by atoms with Crippen molar-refractivity contribution in [1.29, 1.82) is 0 Å². The maximum atomic E-state index is 6.00. The number of nitrogens with two attached hydrogens (primary N) is 1. The molecule has 82 valence electrons. The summed E-state index contributed by atoms with van der Waals surface area (Å²) in [5.41, 5.74) is 6.99. The maximum absolute atomic E-state index is 6.00. The SMILES string of the molecule is NCCC1(CNc2ccncc2Cl)CC1. The van der Waals surface area contributed by atoms with Crippen LogP contribution in [0.15, 0.2) is 18.5 Å². The van der Waals surface area contributed by atoms with Crippen LogP contribution in [0, 0.1) is 5.41 Å². The van der Waals surface area contributed by atoms with Crippen LogP contribution >= 0.6 is 11.6 Å². The Morgan fingerprint density at radius 3 is 2.93 bits per heavy atom. The Hall–Kier alpha value is -0.800. The summed E-state index contributed by atoms with van der Waals surface area (Å²) in [6.45, 7) is 1.74. The molecule has 0 aliphatic heterocycles. The highest BCUT2D eigenvalue weighted by molar-refractivity contribution is 6.33. The molecule has 3 N–H and O–H groups in total. The van der Waals surface area contributed by atoms with E-state index in [0.29, 0.717) is 10.4 Å². The van der Waals surface area contributed by atoms with Gasteiger partial charge in [0.25, 0.3) is 0 Å². The van der Waals surface area contributed by atoms with E-state index in [9.17, 15) is 0 Å². The van der Waals surface area contributed by atoms with Crippen LogP contribution in [0.1, 0.15) is 19.3 Å². The van der Waals surface area contributed by atoms with Gasteiger partial charge in [0.2, 0.25) is 0 Å². The smallest absolute Gasteiger partial charge is 0.0820 e. The van der Waals surface area contributed by atoms with Crippen molar-refractivity contribution in [1.82, 2.24) is 4.98 Å². The molecule has 0 aromatic carbocycles. The predicted molar refractivity (Wildman–Crippen MR) is 63.1 cm³/mol. The Balaban J connectivity index is 1.91. The van der Waals surface area contributed by atoms with E-state index in [2.05, 4.69) is 10.3 Å². The molecule has 1 aromatic rings. The fourth-order valence-corrected chi connectivity index (χ4v) is 1.99. The van der Waals surface area contributed by atoms with E-state index in [0.717, 1.165) is 25.2 Å². The highest BCUT2D eigenvalue weighted by Crippen LogP contribution is 2.48. The van der Waals surface area contributed by atoms with Crippen molar-refractivity contribution in [2.24, 2.45) is 11.1 Å². The molecule has 4 heteroatoms. The molecule has 15 heavy (non-hydrogen) atoms. The first-order valence-corrected chi connectivity index (χ1v) is 5.67. The van der Waals surface area contributed by atoms with E-state index in [1.54, 1.807) is 12.4 Å². The normalized spacial score (nSPS) is 17.5. The molecule has 0 bridgehead atoms. The zero-order valence-corrected chi connectivity index (χ0v) is 9.43. The van der Waals surface area contributed by atoms with Gasteiger partial charge in [-0.2, -0.15) is 0 Å². The molecule has 1 saturated carbocycles. The van der Waals surface area contributed by atoms with Crippen LogP contribution in [0.3, 0.4) is 0 Å². The summed E-state index contributed by atoms with van der Waals surface area (Å²) in [4.78, 5) is 3.95. The second kappa shape index (κ2) is 4.37. The summed E-state index contributed by atoms with van der Waals surface area (Å²) in [7, 11) is 0. The van der Waals surface area contributed by atoms with Gasteiger partial charge in [-0.15, -0.1) is 0 Å². The number of pyridine rings is 1. The van der Waals surface area contributed by atoms with E-state index in [1.807, 2.05) is 6.07 Å². The first kappa shape index (κ1) is 10.7. The molecule has 0 radical (unpaired) electrons. The molecule has 1 heterocycles. The van der Waals surface area contributed by atoms with E-state index < -0.39 is 0 Å². The fourth-order valence-electron chi connectivity index (χ4n) is 1.80. The third kappa shape index (κ3) is 2.61. The highest BCUT2D eigenvalue weighted by atomic mass is 35.5. The topological polar surface area (TPSA) is 50.9 Å². The average Bonchev–Trinajstić information content (AvgIpc) is 2.98. The highest BCUT2D eigenvalue weighted by Gasteiger charge is 2.41. The molecule has 1 aliphatic carbocycles. The van der Waals surface area contributed by atoms with E-state index in [-0.39, 0.29) is 0 Å². The minimum atomic E-state index is 0.432. The zero-order chi connectivity index (χ0) is 10.7. The molecule has 3 nitrogen and oxygen atoms in total. The summed E-state index contributed by atoms with van der Waals surface area (Å²) in [6.07, 6.45) is 7.06. The van der Waals surface area contributed by atoms with Crippen LogP contribution in [0.25, 0.3) is 0 Å². The van der Waals surface area contributed by atoms with Gasteiger partial charge in [0, 0.05) is 18.9 Å². The van der Waals surface area contributed by atoms with Crippen LogP contribution in [-0.4, -0.2) is 18.1 Å². The molecule has 0 saturated heterocycles. The van der Waals surface area contributed by atoms with Gasteiger partial charge in [0.05, 0.1) is 10.7 Å². The molecule has 0 atom stereocenters. The van der Waals surface area contributed by atoms with Gasteiger partial charge in [0.1, 0.15) is 0 Å². The Kier molecular flexibility index (Phi) is 3.12. The molecule has 1 aromatic heterocycles. The van der Waals surface area contributed by atoms with Crippen LogP contribution in [-0.2, 0) is 0 Å². The van der Waals surface area contributed by atoms with Gasteiger partial charge < -0.3 is 11.1 Å². The van der Waals surface area contributed by atoms with Crippen molar-refractivity contribution in [2.45, 2.75) is 19.3 Å². The maximum Gasteiger partial charge on any atom is 0.0820 e. The second-order valence-corrected chi connectivity index (χ2v) is 4.65. The van der Waals surface area contributed by atoms with Crippen LogP contribution < -0.4 is 11.1 Å². The van der Waals surface area contributed by atoms with Crippen molar-refractivity contribution < 1.29 is 0 Å². The minimum absolute atomic E-state index is 0.432. The average molecular weight is 226 g/mol. The zero-order valence-electron chi connectivity index (χ0n) is 8.67. The first-order valence-electron chi connectivity index (χ1n) is 5.29. The van der Waals surface area contributed by atoms with Gasteiger partial charge >= 0.3 is 0 Å². The lowest BCUT2D eigenvalue weighted by molar-refractivity contribution is 0.501. The predicted octanol–water partition coefficient (Wildman–Crippen LogP) is 2.28. The Labute approximate surface area is 95.0 Å². The molecular formula is C11H16ClN3. The third-order valence-electron chi connectivity index (χ3n) is 3.06. The molecular weight excluding hydrogens is 210 g/mol.